The molecule has 1 heterocycles. The van der Waals surface area contributed by atoms with Crippen LogP contribution in [0.4, 0.5) is 5.69 Å². The Bertz CT molecular complexity index is 1510. The molecule has 0 atom stereocenters. The molecule has 0 aliphatic carbocycles. The van der Waals surface area contributed by atoms with Crippen LogP contribution in [0.2, 0.25) is 10.0 Å². The summed E-state index contributed by atoms with van der Waals surface area (Å²) in [5.41, 5.74) is 2.69. The van der Waals surface area contributed by atoms with Gasteiger partial charge in [0, 0.05) is 11.1 Å². The summed E-state index contributed by atoms with van der Waals surface area (Å²) in [5.74, 6) is -0.305. The number of para-hydroxylation sites is 1. The molecule has 0 fully saturated rings. The van der Waals surface area contributed by atoms with Crippen molar-refractivity contribution in [2.45, 2.75) is 0 Å². The van der Waals surface area contributed by atoms with Gasteiger partial charge in [-0.25, -0.2) is 4.98 Å². The molecule has 33 heavy (non-hydrogen) atoms. The van der Waals surface area contributed by atoms with E-state index in [-0.39, 0.29) is 11.0 Å². The van der Waals surface area contributed by atoms with Crippen molar-refractivity contribution in [1.82, 2.24) is 10.3 Å². The van der Waals surface area contributed by atoms with Gasteiger partial charge in [0.1, 0.15) is 5.01 Å². The SMILES string of the molecule is O=C(NC(=S)Nc1cc(-c2nc3ccccc3s2)c(Cl)cc1Cl)c1cccc2ccccc12. The molecule has 0 aliphatic rings. The van der Waals surface area contributed by atoms with E-state index in [2.05, 4.69) is 15.6 Å². The Kier molecular flexibility index (Phi) is 6.00. The van der Waals surface area contributed by atoms with Crippen molar-refractivity contribution in [2.24, 2.45) is 0 Å². The summed E-state index contributed by atoms with van der Waals surface area (Å²) in [6.45, 7) is 0. The molecule has 1 aromatic heterocycles. The van der Waals surface area contributed by atoms with Crippen LogP contribution in [0, 0.1) is 0 Å². The number of nitrogens with one attached hydrogen (secondary N) is 2. The molecular weight excluding hydrogens is 493 g/mol. The first kappa shape index (κ1) is 21.8. The Morgan fingerprint density at radius 1 is 0.909 bits per heavy atom. The number of thiazole rings is 1. The number of rotatable bonds is 3. The third kappa shape index (κ3) is 4.43. The number of nitrogens with zero attached hydrogens (tertiary/aromatic N) is 1. The van der Waals surface area contributed by atoms with Gasteiger partial charge in [0.15, 0.2) is 5.11 Å². The predicted molar refractivity (Wildman–Crippen MR) is 143 cm³/mol. The predicted octanol–water partition coefficient (Wildman–Crippen LogP) is 7.55. The number of amides is 1. The molecule has 4 nitrogen and oxygen atoms in total. The average molecular weight is 508 g/mol. The van der Waals surface area contributed by atoms with Crippen molar-refractivity contribution < 1.29 is 4.79 Å². The number of halogens is 2. The molecule has 0 saturated heterocycles. The highest BCUT2D eigenvalue weighted by atomic mass is 35.5. The molecule has 5 rings (SSSR count). The molecule has 2 N–H and O–H groups in total. The van der Waals surface area contributed by atoms with Crippen molar-refractivity contribution in [3.63, 3.8) is 0 Å². The summed E-state index contributed by atoms with van der Waals surface area (Å²) in [7, 11) is 0. The highest BCUT2D eigenvalue weighted by Gasteiger charge is 2.16. The maximum Gasteiger partial charge on any atom is 0.258 e. The zero-order valence-electron chi connectivity index (χ0n) is 16.9. The Morgan fingerprint density at radius 2 is 1.67 bits per heavy atom. The first-order valence-corrected chi connectivity index (χ1v) is 11.9. The van der Waals surface area contributed by atoms with Crippen LogP contribution < -0.4 is 10.6 Å². The van der Waals surface area contributed by atoms with Crippen LogP contribution in [0.5, 0.6) is 0 Å². The highest BCUT2D eigenvalue weighted by Crippen LogP contribution is 2.38. The normalized spacial score (nSPS) is 11.0. The summed E-state index contributed by atoms with van der Waals surface area (Å²) in [4.78, 5) is 17.6. The molecule has 162 valence electrons. The van der Waals surface area contributed by atoms with Crippen molar-refractivity contribution >= 4 is 84.5 Å². The van der Waals surface area contributed by atoms with Crippen molar-refractivity contribution in [3.05, 3.63) is 94.5 Å². The van der Waals surface area contributed by atoms with Gasteiger partial charge in [-0.05, 0) is 53.3 Å². The number of hydrogen-bond acceptors (Lipinski definition) is 4. The third-order valence-electron chi connectivity index (χ3n) is 5.09. The molecule has 0 bridgehead atoms. The summed E-state index contributed by atoms with van der Waals surface area (Å²) in [5, 5.41) is 9.34. The summed E-state index contributed by atoms with van der Waals surface area (Å²) >= 11 is 19.8. The van der Waals surface area contributed by atoms with Crippen LogP contribution in [0.15, 0.2) is 78.9 Å². The summed E-state index contributed by atoms with van der Waals surface area (Å²) < 4.78 is 1.06. The van der Waals surface area contributed by atoms with E-state index in [0.29, 0.717) is 21.3 Å². The van der Waals surface area contributed by atoms with E-state index in [4.69, 9.17) is 35.4 Å². The zero-order chi connectivity index (χ0) is 22.9. The number of thiocarbonyl (C=S) groups is 1. The van der Waals surface area contributed by atoms with Crippen LogP contribution >= 0.6 is 46.8 Å². The molecule has 5 aromatic rings. The van der Waals surface area contributed by atoms with E-state index in [1.807, 2.05) is 60.7 Å². The lowest BCUT2D eigenvalue weighted by atomic mass is 10.0. The van der Waals surface area contributed by atoms with Crippen molar-refractivity contribution in [3.8, 4) is 10.6 Å². The Hall–Kier alpha value is -3.03. The van der Waals surface area contributed by atoms with E-state index in [1.54, 1.807) is 18.2 Å². The first-order chi connectivity index (χ1) is 16.0. The minimum absolute atomic E-state index is 0.132. The largest absolute Gasteiger partial charge is 0.331 e. The lowest BCUT2D eigenvalue weighted by Gasteiger charge is -2.13. The number of fused-ring (bicyclic) bond motifs is 2. The van der Waals surface area contributed by atoms with Gasteiger partial charge in [0.05, 0.1) is 25.9 Å². The van der Waals surface area contributed by atoms with Crippen LogP contribution in [-0.4, -0.2) is 16.0 Å². The maximum atomic E-state index is 12.9. The molecule has 0 saturated carbocycles. The summed E-state index contributed by atoms with van der Waals surface area (Å²) in [6, 6.07) is 24.6. The van der Waals surface area contributed by atoms with Gasteiger partial charge in [0.2, 0.25) is 0 Å². The van der Waals surface area contributed by atoms with Crippen molar-refractivity contribution in [1.29, 1.82) is 0 Å². The molecular formula is C25H15Cl2N3OS2. The maximum absolute atomic E-state index is 12.9. The Balaban J connectivity index is 1.40. The molecule has 0 radical (unpaired) electrons. The first-order valence-electron chi connectivity index (χ1n) is 9.95. The number of aromatic nitrogens is 1. The van der Waals surface area contributed by atoms with E-state index < -0.39 is 0 Å². The second-order valence-electron chi connectivity index (χ2n) is 7.23. The Labute approximate surface area is 209 Å². The fourth-order valence-corrected chi connectivity index (χ4v) is 5.32. The van der Waals surface area contributed by atoms with Crippen LogP contribution in [-0.2, 0) is 0 Å². The van der Waals surface area contributed by atoms with E-state index in [0.717, 1.165) is 31.6 Å². The van der Waals surface area contributed by atoms with Crippen LogP contribution in [0.1, 0.15) is 10.4 Å². The second kappa shape index (κ2) is 9.08. The molecule has 0 aliphatic heterocycles. The van der Waals surface area contributed by atoms with Crippen LogP contribution in [0.3, 0.4) is 0 Å². The topological polar surface area (TPSA) is 54.0 Å². The lowest BCUT2D eigenvalue weighted by molar-refractivity contribution is 0.0979. The number of benzene rings is 4. The third-order valence-corrected chi connectivity index (χ3v) is 6.99. The van der Waals surface area contributed by atoms with E-state index >= 15 is 0 Å². The fraction of sp³-hybridized carbons (Fsp3) is 0. The number of carbonyl (C=O) groups excluding carboxylic acids is 1. The minimum Gasteiger partial charge on any atom is -0.331 e. The molecule has 8 heteroatoms. The second-order valence-corrected chi connectivity index (χ2v) is 9.49. The average Bonchev–Trinajstić information content (AvgIpc) is 3.24. The quantitative estimate of drug-likeness (QED) is 0.247. The number of hydrogen-bond donors (Lipinski definition) is 2. The molecule has 4 aromatic carbocycles. The smallest absolute Gasteiger partial charge is 0.258 e. The number of carbonyl (C=O) groups is 1. The zero-order valence-corrected chi connectivity index (χ0v) is 20.1. The van der Waals surface area contributed by atoms with Gasteiger partial charge in [-0.1, -0.05) is 71.7 Å². The monoisotopic (exact) mass is 507 g/mol. The molecule has 1 amide bonds. The number of anilines is 1. The minimum atomic E-state index is -0.305. The van der Waals surface area contributed by atoms with Gasteiger partial charge < -0.3 is 5.32 Å². The Morgan fingerprint density at radius 3 is 2.52 bits per heavy atom. The van der Waals surface area contributed by atoms with Gasteiger partial charge in [-0.2, -0.15) is 0 Å². The van der Waals surface area contributed by atoms with Crippen molar-refractivity contribution in [2.75, 3.05) is 5.32 Å². The summed E-state index contributed by atoms with van der Waals surface area (Å²) in [6.07, 6.45) is 0. The van der Waals surface area contributed by atoms with E-state index in [9.17, 15) is 4.79 Å². The molecule has 0 spiro atoms. The van der Waals surface area contributed by atoms with Gasteiger partial charge in [-0.15, -0.1) is 11.3 Å². The molecule has 0 unspecified atom stereocenters. The fourth-order valence-electron chi connectivity index (χ4n) is 3.54. The lowest BCUT2D eigenvalue weighted by Crippen LogP contribution is -2.34. The van der Waals surface area contributed by atoms with Crippen LogP contribution in [0.25, 0.3) is 31.6 Å². The van der Waals surface area contributed by atoms with Gasteiger partial charge >= 0.3 is 0 Å². The standard InChI is InChI=1S/C25H15Cl2N3OS2/c26-18-13-19(27)21(12-17(18)24-28-20-10-3-4-11-22(20)33-24)29-25(32)30-23(31)16-9-5-7-14-6-1-2-8-15(14)16/h1-13H,(H2,29,30,31,32). The highest BCUT2D eigenvalue weighted by molar-refractivity contribution is 7.80. The van der Waals surface area contributed by atoms with Gasteiger partial charge in [-0.3, -0.25) is 10.1 Å². The van der Waals surface area contributed by atoms with Gasteiger partial charge in [0.25, 0.3) is 5.91 Å². The van der Waals surface area contributed by atoms with E-state index in [1.165, 1.54) is 11.3 Å².